The topological polar surface area (TPSA) is 48.8 Å². The molecule has 1 atom stereocenters. The number of carbonyl (C=O) groups excluding carboxylic acids is 1. The fourth-order valence-electron chi connectivity index (χ4n) is 2.99. The molecule has 1 fully saturated rings. The molecule has 0 saturated carbocycles. The molecule has 0 bridgehead atoms. The van der Waals surface area contributed by atoms with Crippen molar-refractivity contribution in [2.45, 2.75) is 39.7 Å². The van der Waals surface area contributed by atoms with Crippen LogP contribution in [0.4, 0.5) is 10.1 Å². The molecular formula is C19H30FN4OS+. The van der Waals surface area contributed by atoms with Gasteiger partial charge in [-0.2, -0.15) is 0 Å². The molecule has 3 N–H and O–H groups in total. The first-order valence-electron chi connectivity index (χ1n) is 9.11. The van der Waals surface area contributed by atoms with Crippen LogP contribution in [0.2, 0.25) is 0 Å². The van der Waals surface area contributed by atoms with Gasteiger partial charge in [-0.05, 0) is 57.6 Å². The third kappa shape index (κ3) is 6.53. The standard InChI is InChI=1S/C19H29FN4OS/c1-14-6-7-15(12-16(14)20)21-18(26)24-9-5-8-23(10-11-24)13-17(25)22-19(2,3)4/h6-7,12H,5,8-11,13H2,1-4H3,(H,21,26)(H,22,25)/p+1. The van der Waals surface area contributed by atoms with Crippen molar-refractivity contribution in [1.29, 1.82) is 0 Å². The molecular weight excluding hydrogens is 351 g/mol. The molecule has 1 aliphatic heterocycles. The van der Waals surface area contributed by atoms with Gasteiger partial charge in [0.25, 0.3) is 5.91 Å². The van der Waals surface area contributed by atoms with Gasteiger partial charge in [0, 0.05) is 24.2 Å². The normalized spacial score (nSPS) is 18.2. The van der Waals surface area contributed by atoms with Crippen LogP contribution >= 0.6 is 12.2 Å². The first-order chi connectivity index (χ1) is 12.1. The molecule has 1 amide bonds. The number of hydrogen-bond acceptors (Lipinski definition) is 2. The number of nitrogens with one attached hydrogen (secondary N) is 3. The van der Waals surface area contributed by atoms with Crippen LogP contribution in [0, 0.1) is 12.7 Å². The van der Waals surface area contributed by atoms with Gasteiger partial charge < -0.3 is 20.4 Å². The molecule has 1 aromatic carbocycles. The summed E-state index contributed by atoms with van der Waals surface area (Å²) in [6.07, 6.45) is 0.961. The summed E-state index contributed by atoms with van der Waals surface area (Å²) in [6.45, 7) is 11.6. The van der Waals surface area contributed by atoms with Crippen LogP contribution in [0.25, 0.3) is 0 Å². The first kappa shape index (κ1) is 20.6. The Labute approximate surface area is 160 Å². The number of anilines is 1. The second kappa shape index (κ2) is 8.77. The molecule has 1 saturated heterocycles. The lowest BCUT2D eigenvalue weighted by molar-refractivity contribution is -0.889. The highest BCUT2D eigenvalue weighted by Crippen LogP contribution is 2.14. The maximum atomic E-state index is 13.7. The summed E-state index contributed by atoms with van der Waals surface area (Å²) in [6, 6.07) is 5.03. The molecule has 1 heterocycles. The Morgan fingerprint density at radius 3 is 2.69 bits per heavy atom. The van der Waals surface area contributed by atoms with Crippen LogP contribution in [0.5, 0.6) is 0 Å². The minimum atomic E-state index is -0.242. The molecule has 5 nitrogen and oxygen atoms in total. The number of thiocarbonyl (C=S) groups is 1. The summed E-state index contributed by atoms with van der Waals surface area (Å²) in [4.78, 5) is 15.5. The molecule has 0 aromatic heterocycles. The van der Waals surface area contributed by atoms with Crippen molar-refractivity contribution in [2.75, 3.05) is 38.0 Å². The lowest BCUT2D eigenvalue weighted by atomic mass is 10.1. The summed E-state index contributed by atoms with van der Waals surface area (Å²) in [7, 11) is 0. The van der Waals surface area contributed by atoms with E-state index < -0.39 is 0 Å². The summed E-state index contributed by atoms with van der Waals surface area (Å²) in [5, 5.41) is 6.74. The van der Waals surface area contributed by atoms with Gasteiger partial charge in [-0.3, -0.25) is 4.79 Å². The van der Waals surface area contributed by atoms with E-state index in [2.05, 4.69) is 15.5 Å². The van der Waals surface area contributed by atoms with Crippen molar-refractivity contribution in [3.8, 4) is 0 Å². The van der Waals surface area contributed by atoms with Gasteiger partial charge in [0.2, 0.25) is 0 Å². The Morgan fingerprint density at radius 2 is 2.04 bits per heavy atom. The van der Waals surface area contributed by atoms with E-state index in [4.69, 9.17) is 12.2 Å². The highest BCUT2D eigenvalue weighted by atomic mass is 32.1. The highest BCUT2D eigenvalue weighted by Gasteiger charge is 2.23. The van der Waals surface area contributed by atoms with Gasteiger partial charge in [0.05, 0.1) is 19.6 Å². The lowest BCUT2D eigenvalue weighted by Crippen LogP contribution is -3.13. The Morgan fingerprint density at radius 1 is 1.31 bits per heavy atom. The van der Waals surface area contributed by atoms with Gasteiger partial charge >= 0.3 is 0 Å². The number of benzene rings is 1. The van der Waals surface area contributed by atoms with E-state index in [1.807, 2.05) is 26.8 Å². The summed E-state index contributed by atoms with van der Waals surface area (Å²) >= 11 is 5.49. The van der Waals surface area contributed by atoms with E-state index >= 15 is 0 Å². The van der Waals surface area contributed by atoms with Crippen LogP contribution in [0.15, 0.2) is 18.2 Å². The van der Waals surface area contributed by atoms with Crippen molar-refractivity contribution in [3.05, 3.63) is 29.6 Å². The molecule has 1 aromatic rings. The number of amides is 1. The third-order valence-electron chi connectivity index (χ3n) is 4.33. The second-order valence-corrected chi connectivity index (χ2v) is 8.35. The molecule has 144 valence electrons. The Hall–Kier alpha value is -1.73. The predicted molar refractivity (Wildman–Crippen MR) is 107 cm³/mol. The Kier molecular flexibility index (Phi) is 6.94. The molecule has 7 heteroatoms. The lowest BCUT2D eigenvalue weighted by Gasteiger charge is -2.24. The molecule has 0 radical (unpaired) electrons. The van der Waals surface area contributed by atoms with E-state index in [9.17, 15) is 9.18 Å². The van der Waals surface area contributed by atoms with Crippen LogP contribution in [0.1, 0.15) is 32.8 Å². The van der Waals surface area contributed by atoms with Crippen molar-refractivity contribution in [2.24, 2.45) is 0 Å². The maximum absolute atomic E-state index is 13.7. The van der Waals surface area contributed by atoms with E-state index in [-0.39, 0.29) is 17.3 Å². The third-order valence-corrected chi connectivity index (χ3v) is 4.69. The van der Waals surface area contributed by atoms with Crippen molar-refractivity contribution < 1.29 is 14.1 Å². The predicted octanol–water partition coefficient (Wildman–Crippen LogP) is 1.34. The molecule has 2 rings (SSSR count). The Balaban J connectivity index is 1.86. The molecule has 0 aliphatic carbocycles. The summed E-state index contributed by atoms with van der Waals surface area (Å²) in [5.74, 6) is -0.161. The zero-order valence-electron chi connectivity index (χ0n) is 16.1. The summed E-state index contributed by atoms with van der Waals surface area (Å²) in [5.41, 5.74) is 1.07. The van der Waals surface area contributed by atoms with Gasteiger partial charge in [0.1, 0.15) is 5.82 Å². The maximum Gasteiger partial charge on any atom is 0.275 e. The molecule has 1 unspecified atom stereocenters. The fraction of sp³-hybridized carbons (Fsp3) is 0.579. The molecule has 0 spiro atoms. The SMILES string of the molecule is Cc1ccc(NC(=S)N2CCC[NH+](CC(=O)NC(C)(C)C)CC2)cc1F. The van der Waals surface area contributed by atoms with Crippen LogP contribution < -0.4 is 15.5 Å². The molecule has 26 heavy (non-hydrogen) atoms. The summed E-state index contributed by atoms with van der Waals surface area (Å²) < 4.78 is 13.7. The average molecular weight is 382 g/mol. The minimum Gasteiger partial charge on any atom is -0.347 e. The second-order valence-electron chi connectivity index (χ2n) is 7.96. The highest BCUT2D eigenvalue weighted by molar-refractivity contribution is 7.80. The van der Waals surface area contributed by atoms with Gasteiger partial charge in [-0.25, -0.2) is 4.39 Å². The fourth-order valence-corrected chi connectivity index (χ4v) is 3.29. The number of nitrogens with zero attached hydrogens (tertiary/aromatic N) is 1. The van der Waals surface area contributed by atoms with Crippen LogP contribution in [-0.4, -0.2) is 54.2 Å². The Bertz CT molecular complexity index is 659. The van der Waals surface area contributed by atoms with E-state index in [0.29, 0.717) is 22.9 Å². The number of hydrogen-bond donors (Lipinski definition) is 3. The minimum absolute atomic E-state index is 0.0804. The first-order valence-corrected chi connectivity index (χ1v) is 9.51. The number of aryl methyl sites for hydroxylation is 1. The van der Waals surface area contributed by atoms with Crippen molar-refractivity contribution in [1.82, 2.24) is 10.2 Å². The van der Waals surface area contributed by atoms with Crippen LogP contribution in [-0.2, 0) is 4.79 Å². The van der Waals surface area contributed by atoms with Gasteiger partial charge in [-0.15, -0.1) is 0 Å². The van der Waals surface area contributed by atoms with E-state index in [0.717, 1.165) is 32.6 Å². The van der Waals surface area contributed by atoms with E-state index in [1.165, 1.54) is 11.0 Å². The number of halogens is 1. The van der Waals surface area contributed by atoms with Crippen molar-refractivity contribution in [3.63, 3.8) is 0 Å². The quantitative estimate of drug-likeness (QED) is 0.692. The smallest absolute Gasteiger partial charge is 0.275 e. The molecule has 1 aliphatic rings. The monoisotopic (exact) mass is 381 g/mol. The number of carbonyl (C=O) groups is 1. The average Bonchev–Trinajstić information content (AvgIpc) is 2.74. The van der Waals surface area contributed by atoms with Gasteiger partial charge in [0.15, 0.2) is 11.7 Å². The van der Waals surface area contributed by atoms with E-state index in [1.54, 1.807) is 13.0 Å². The largest absolute Gasteiger partial charge is 0.347 e. The number of quaternary nitrogens is 1. The number of rotatable bonds is 3. The zero-order chi connectivity index (χ0) is 19.3. The van der Waals surface area contributed by atoms with Crippen molar-refractivity contribution >= 4 is 28.9 Å². The van der Waals surface area contributed by atoms with Gasteiger partial charge in [-0.1, -0.05) is 6.07 Å². The van der Waals surface area contributed by atoms with Crippen LogP contribution in [0.3, 0.4) is 0 Å². The zero-order valence-corrected chi connectivity index (χ0v) is 16.9.